The van der Waals surface area contributed by atoms with Crippen LogP contribution in [-0.2, 0) is 6.54 Å². The summed E-state index contributed by atoms with van der Waals surface area (Å²) in [6.45, 7) is 8.12. The number of hydrogen-bond donors (Lipinski definition) is 1. The van der Waals surface area contributed by atoms with Crippen LogP contribution < -0.4 is 10.5 Å². The molecular weight excluding hydrogens is 404 g/mol. The number of hydrogen-bond acceptors (Lipinski definition) is 6. The molecule has 1 atom stereocenters. The largest absolute Gasteiger partial charge is 0.482 e. The second-order valence-electron chi connectivity index (χ2n) is 8.44. The van der Waals surface area contributed by atoms with Crippen LogP contribution in [0, 0.1) is 18.3 Å². The van der Waals surface area contributed by atoms with E-state index in [2.05, 4.69) is 16.2 Å². The molecule has 3 aromatic rings. The Morgan fingerprint density at radius 1 is 1.31 bits per heavy atom. The number of amides is 1. The van der Waals surface area contributed by atoms with Crippen LogP contribution in [0.2, 0.25) is 0 Å². The summed E-state index contributed by atoms with van der Waals surface area (Å²) >= 11 is 0. The molecule has 1 aliphatic rings. The van der Waals surface area contributed by atoms with Gasteiger partial charge >= 0.3 is 0 Å². The highest BCUT2D eigenvalue weighted by atomic mass is 16.5. The molecular formula is C24H26N6O2. The Morgan fingerprint density at radius 2 is 2.06 bits per heavy atom. The standard InChI is InChI=1S/C24H26N6O2/c1-13(2)30-20-12-29(5)24(31)17-7-6-14(3)8-18(17)15(4)32-21-9-16(11-27-23(21)26)22(20)19(10-25)28-30/h6-9,11,13,15H,12H2,1-5H3,(H2,26,27)/t15-/m1/s1. The molecule has 2 N–H and O–H groups in total. The molecule has 0 radical (unpaired) electrons. The number of rotatable bonds is 1. The molecule has 32 heavy (non-hydrogen) atoms. The minimum atomic E-state index is -0.436. The summed E-state index contributed by atoms with van der Waals surface area (Å²) in [5.41, 5.74) is 10.8. The molecule has 2 bridgehead atoms. The maximum absolute atomic E-state index is 13.5. The molecule has 8 heteroatoms. The number of pyridine rings is 1. The second-order valence-corrected chi connectivity index (χ2v) is 8.44. The normalized spacial score (nSPS) is 15.8. The summed E-state index contributed by atoms with van der Waals surface area (Å²) in [6, 6.07) is 9.68. The summed E-state index contributed by atoms with van der Waals surface area (Å²) in [6.07, 6.45) is 1.18. The molecule has 0 saturated heterocycles. The number of fused-ring (bicyclic) bond motifs is 5. The fraction of sp³-hybridized carbons (Fsp3) is 0.333. The number of carbonyl (C=O) groups excluding carboxylic acids is 1. The van der Waals surface area contributed by atoms with Gasteiger partial charge in [-0.1, -0.05) is 17.7 Å². The van der Waals surface area contributed by atoms with Crippen molar-refractivity contribution in [1.82, 2.24) is 19.7 Å². The Labute approximate surface area is 187 Å². The summed E-state index contributed by atoms with van der Waals surface area (Å²) in [7, 11) is 1.75. The fourth-order valence-electron chi connectivity index (χ4n) is 4.09. The zero-order valence-corrected chi connectivity index (χ0v) is 18.9. The first-order valence-corrected chi connectivity index (χ1v) is 10.5. The number of aromatic nitrogens is 3. The Morgan fingerprint density at radius 3 is 2.75 bits per heavy atom. The van der Waals surface area contributed by atoms with E-state index in [1.165, 1.54) is 0 Å². The molecule has 1 aromatic carbocycles. The first-order chi connectivity index (χ1) is 15.2. The Balaban J connectivity index is 2.01. The van der Waals surface area contributed by atoms with Gasteiger partial charge in [0.1, 0.15) is 12.2 Å². The lowest BCUT2D eigenvalue weighted by Crippen LogP contribution is -2.29. The van der Waals surface area contributed by atoms with Crippen molar-refractivity contribution in [2.75, 3.05) is 12.8 Å². The van der Waals surface area contributed by atoms with E-state index >= 15 is 0 Å². The summed E-state index contributed by atoms with van der Waals surface area (Å²) in [5.74, 6) is 0.509. The Bertz CT molecular complexity index is 1250. The van der Waals surface area contributed by atoms with Gasteiger partial charge in [-0.15, -0.1) is 0 Å². The molecule has 0 fully saturated rings. The average molecular weight is 431 g/mol. The second kappa shape index (κ2) is 8.00. The van der Waals surface area contributed by atoms with E-state index in [1.807, 2.05) is 45.9 Å². The predicted molar refractivity (Wildman–Crippen MR) is 121 cm³/mol. The van der Waals surface area contributed by atoms with E-state index in [0.717, 1.165) is 16.8 Å². The highest BCUT2D eigenvalue weighted by Gasteiger charge is 2.28. The maximum Gasteiger partial charge on any atom is 0.254 e. The van der Waals surface area contributed by atoms with Crippen molar-refractivity contribution in [3.05, 3.63) is 58.5 Å². The molecule has 0 saturated carbocycles. The van der Waals surface area contributed by atoms with E-state index in [4.69, 9.17) is 10.5 Å². The lowest BCUT2D eigenvalue weighted by molar-refractivity contribution is 0.0776. The SMILES string of the molecule is Cc1ccc2c(c1)[C@@H](C)Oc1cc(cnc1N)-c1c(C#N)nn(C(C)C)c1CN(C)C2=O. The van der Waals surface area contributed by atoms with Gasteiger partial charge in [0.15, 0.2) is 17.3 Å². The molecule has 8 nitrogen and oxygen atoms in total. The van der Waals surface area contributed by atoms with E-state index in [-0.39, 0.29) is 30.0 Å². The third-order valence-corrected chi connectivity index (χ3v) is 5.69. The van der Waals surface area contributed by atoms with E-state index in [0.29, 0.717) is 22.4 Å². The number of ether oxygens (including phenoxy) is 1. The van der Waals surface area contributed by atoms with Gasteiger partial charge in [0, 0.05) is 41.5 Å². The predicted octanol–water partition coefficient (Wildman–Crippen LogP) is 4.01. The van der Waals surface area contributed by atoms with Gasteiger partial charge in [-0.05, 0) is 39.8 Å². The quantitative estimate of drug-likeness (QED) is 0.624. The molecule has 0 aliphatic carbocycles. The summed E-state index contributed by atoms with van der Waals surface area (Å²) in [4.78, 5) is 19.5. The smallest absolute Gasteiger partial charge is 0.254 e. The number of nitriles is 1. The molecule has 164 valence electrons. The number of nitrogen functional groups attached to an aromatic ring is 1. The minimum Gasteiger partial charge on any atom is -0.482 e. The molecule has 2 aromatic heterocycles. The van der Waals surface area contributed by atoms with Crippen molar-refractivity contribution in [1.29, 1.82) is 5.26 Å². The Hall–Kier alpha value is -3.86. The lowest BCUT2D eigenvalue weighted by Gasteiger charge is -2.25. The highest BCUT2D eigenvalue weighted by molar-refractivity contribution is 5.96. The summed E-state index contributed by atoms with van der Waals surface area (Å²) in [5, 5.41) is 14.3. The van der Waals surface area contributed by atoms with Crippen molar-refractivity contribution in [3.63, 3.8) is 0 Å². The molecule has 0 spiro atoms. The van der Waals surface area contributed by atoms with E-state index in [9.17, 15) is 10.1 Å². The molecule has 0 unspecified atom stereocenters. The lowest BCUT2D eigenvalue weighted by atomic mass is 9.98. The third-order valence-electron chi connectivity index (χ3n) is 5.69. The molecule has 1 aliphatic heterocycles. The van der Waals surface area contributed by atoms with Crippen LogP contribution in [0.25, 0.3) is 11.1 Å². The van der Waals surface area contributed by atoms with Crippen LogP contribution in [0.3, 0.4) is 0 Å². The molecule has 4 rings (SSSR count). The van der Waals surface area contributed by atoms with Gasteiger partial charge in [0.25, 0.3) is 5.91 Å². The van der Waals surface area contributed by atoms with Crippen LogP contribution in [0.5, 0.6) is 5.75 Å². The van der Waals surface area contributed by atoms with Crippen molar-refractivity contribution in [2.24, 2.45) is 0 Å². The number of aryl methyl sites for hydroxylation is 1. The zero-order valence-electron chi connectivity index (χ0n) is 18.9. The topological polar surface area (TPSA) is 110 Å². The van der Waals surface area contributed by atoms with Gasteiger partial charge in [-0.25, -0.2) is 4.98 Å². The first-order valence-electron chi connectivity index (χ1n) is 10.5. The van der Waals surface area contributed by atoms with Gasteiger partial charge in [-0.2, -0.15) is 10.4 Å². The van der Waals surface area contributed by atoms with Crippen LogP contribution in [0.15, 0.2) is 30.5 Å². The Kier molecular flexibility index (Phi) is 5.35. The minimum absolute atomic E-state index is 0.00493. The van der Waals surface area contributed by atoms with Crippen molar-refractivity contribution >= 4 is 11.7 Å². The van der Waals surface area contributed by atoms with Crippen LogP contribution in [-0.4, -0.2) is 32.6 Å². The molecule has 3 heterocycles. The maximum atomic E-state index is 13.5. The number of nitrogens with zero attached hydrogens (tertiary/aromatic N) is 5. The number of nitrogens with two attached hydrogens (primary N) is 1. The van der Waals surface area contributed by atoms with Gasteiger partial charge in [0.2, 0.25) is 0 Å². The zero-order chi connectivity index (χ0) is 23.2. The number of benzene rings is 1. The number of anilines is 1. The van der Waals surface area contributed by atoms with E-state index < -0.39 is 6.10 Å². The van der Waals surface area contributed by atoms with E-state index in [1.54, 1.807) is 28.9 Å². The third kappa shape index (κ3) is 3.56. The van der Waals surface area contributed by atoms with Crippen LogP contribution >= 0.6 is 0 Å². The first kappa shape index (κ1) is 21.4. The molecule has 1 amide bonds. The number of carbonyl (C=O) groups is 1. The average Bonchev–Trinajstić information content (AvgIpc) is 3.12. The van der Waals surface area contributed by atoms with Crippen molar-refractivity contribution in [2.45, 2.75) is 46.4 Å². The van der Waals surface area contributed by atoms with Crippen molar-refractivity contribution in [3.8, 4) is 22.9 Å². The highest BCUT2D eigenvalue weighted by Crippen LogP contribution is 2.36. The van der Waals surface area contributed by atoms with Crippen LogP contribution in [0.4, 0.5) is 5.82 Å². The van der Waals surface area contributed by atoms with Gasteiger partial charge in [0.05, 0.1) is 12.2 Å². The summed E-state index contributed by atoms with van der Waals surface area (Å²) < 4.78 is 7.99. The fourth-order valence-corrected chi connectivity index (χ4v) is 4.09. The van der Waals surface area contributed by atoms with Crippen LogP contribution in [0.1, 0.15) is 65.8 Å². The van der Waals surface area contributed by atoms with Gasteiger partial charge in [-0.3, -0.25) is 9.48 Å². The van der Waals surface area contributed by atoms with Crippen molar-refractivity contribution < 1.29 is 9.53 Å². The van der Waals surface area contributed by atoms with Gasteiger partial charge < -0.3 is 15.4 Å². The monoisotopic (exact) mass is 430 g/mol.